The molecule has 2 saturated carbocycles. The lowest BCUT2D eigenvalue weighted by Crippen LogP contribution is -2.43. The molecular weight excluding hydrogens is 1380 g/mol. The van der Waals surface area contributed by atoms with Gasteiger partial charge >= 0.3 is 0 Å². The van der Waals surface area contributed by atoms with Crippen LogP contribution in [0, 0.1) is 0 Å². The van der Waals surface area contributed by atoms with Gasteiger partial charge in [-0.2, -0.15) is 0 Å². The summed E-state index contributed by atoms with van der Waals surface area (Å²) in [6.45, 7) is 50.6. The van der Waals surface area contributed by atoms with E-state index in [0.717, 1.165) is 50.5 Å². The van der Waals surface area contributed by atoms with Gasteiger partial charge in [-0.25, -0.2) is 0 Å². The molecule has 1 N–H and O–H groups in total. The molecule has 16 rings (SSSR count). The molecule has 2 heterocycles. The highest BCUT2D eigenvalue weighted by Gasteiger charge is 2.52. The number of hydrogen-bond donors (Lipinski definition) is 1. The highest BCUT2D eigenvalue weighted by Crippen LogP contribution is 2.63. The Kier molecular flexibility index (Phi) is 21.2. The normalized spacial score (nSPS) is 19.9. The van der Waals surface area contributed by atoms with Crippen molar-refractivity contribution in [1.29, 1.82) is 0 Å². The summed E-state index contributed by atoms with van der Waals surface area (Å²) in [6.07, 6.45) is 10.4. The first-order valence-corrected chi connectivity index (χ1v) is 41.2. The highest BCUT2D eigenvalue weighted by molar-refractivity contribution is 7.11. The van der Waals surface area contributed by atoms with E-state index < -0.39 is 0 Å². The van der Waals surface area contributed by atoms with Gasteiger partial charge in [0.25, 0.3) is 0 Å². The zero-order chi connectivity index (χ0) is 76.0. The molecule has 552 valence electrons. The van der Waals surface area contributed by atoms with Crippen LogP contribution in [0.4, 0.5) is 62.6 Å². The summed E-state index contributed by atoms with van der Waals surface area (Å²) in [5.74, 6) is 0. The summed E-state index contributed by atoms with van der Waals surface area (Å²) in [6, 6.07) is 66.0. The van der Waals surface area contributed by atoms with Gasteiger partial charge in [0.2, 0.25) is 0 Å². The van der Waals surface area contributed by atoms with Crippen LogP contribution in [0.1, 0.15) is 258 Å². The van der Waals surface area contributed by atoms with Crippen molar-refractivity contribution in [3.63, 3.8) is 0 Å². The number of fused-ring (bicyclic) bond motifs is 4. The highest BCUT2D eigenvalue weighted by atomic mass is 35.5. The second-order valence-corrected chi connectivity index (χ2v) is 41.2. The lowest BCUT2D eigenvalue weighted by Gasteiger charge is -2.51. The molecule has 4 nitrogen and oxygen atoms in total. The zero-order valence-corrected chi connectivity index (χ0v) is 70.8. The molecule has 9 heteroatoms. The van der Waals surface area contributed by atoms with Crippen LogP contribution in [0.5, 0.6) is 0 Å². The smallest absolute Gasteiger partial charge is 0.0609 e. The van der Waals surface area contributed by atoms with Gasteiger partial charge in [0.1, 0.15) is 0 Å². The summed E-state index contributed by atoms with van der Waals surface area (Å²) >= 11 is 23.8. The summed E-state index contributed by atoms with van der Waals surface area (Å²) in [5.41, 5.74) is 25.4. The second-order valence-electron chi connectivity index (χ2n) is 38.2. The largest absolute Gasteiger partial charge is 0.355 e. The van der Waals surface area contributed by atoms with Crippen molar-refractivity contribution in [1.82, 2.24) is 0 Å². The molecule has 2 aromatic heterocycles. The first kappa shape index (κ1) is 77.8. The molecule has 2 fully saturated rings. The molecule has 6 aliphatic rings. The van der Waals surface area contributed by atoms with E-state index in [9.17, 15) is 0 Å². The number of halogens is 3. The number of nitrogens with one attached hydrogen (secondary N) is 1. The molecule has 4 bridgehead atoms. The standard InChI is InChI=1S/C48H57ClN2S.C26H29Cl2N.C22H29NS/c1-44(2,3)32-12-18-36(19-13-32)50(37-20-14-33(15-21-37)45(4,5)6)39-28-35(49)29-40(30-39)51(38-22-16-34(17-23-38)46(7,8)9)41-31-52-43-42(41)47(10)24-26-48(43,11)27-25-47;1-25(2,3)18-7-11-22(12-8-18)29(24-16-20(27)15-21(28)17-24)23-13-9-19(10-14-23)26(4,5)6;1-20(2,3)15-6-8-16(9-7-15)23-17-14-24-19-18(17)21(4)10-12-22(19,5)13-11-21/h12-23,28-31H,24-27H2,1-11H3;7-17H,1-6H3;6-9,14,23H,10-13H2,1-5H3. The number of thiophene rings is 2. The fourth-order valence-electron chi connectivity index (χ4n) is 16.3. The molecule has 8 aromatic carbocycles. The second kappa shape index (κ2) is 28.7. The Bertz CT molecular complexity index is 4560. The summed E-state index contributed by atoms with van der Waals surface area (Å²) in [5, 5.41) is 10.5. The Morgan fingerprint density at radius 3 is 0.857 bits per heavy atom. The number of benzene rings is 8. The van der Waals surface area contributed by atoms with Crippen LogP contribution in [0.25, 0.3) is 0 Å². The van der Waals surface area contributed by atoms with E-state index in [2.05, 4.69) is 347 Å². The van der Waals surface area contributed by atoms with Crippen LogP contribution in [0.3, 0.4) is 0 Å². The van der Waals surface area contributed by atoms with E-state index in [0.29, 0.717) is 20.9 Å². The van der Waals surface area contributed by atoms with Gasteiger partial charge in [0, 0.05) is 97.6 Å². The van der Waals surface area contributed by atoms with Crippen molar-refractivity contribution >= 4 is 120 Å². The van der Waals surface area contributed by atoms with E-state index in [-0.39, 0.29) is 43.3 Å². The van der Waals surface area contributed by atoms with Crippen LogP contribution in [-0.4, -0.2) is 0 Å². The number of anilines is 11. The number of rotatable bonds is 11. The van der Waals surface area contributed by atoms with Gasteiger partial charge in [-0.05, 0) is 248 Å². The number of nitrogens with zero attached hydrogens (tertiary/aromatic N) is 3. The monoisotopic (exact) mass is 1490 g/mol. The molecule has 0 aliphatic heterocycles. The Morgan fingerprint density at radius 1 is 0.286 bits per heavy atom. The van der Waals surface area contributed by atoms with Crippen LogP contribution >= 0.6 is 57.5 Å². The first-order valence-electron chi connectivity index (χ1n) is 38.3. The fraction of sp³-hybridized carbons (Fsp3) is 0.417. The Hall–Kier alpha value is -6.77. The molecule has 0 atom stereocenters. The van der Waals surface area contributed by atoms with Crippen molar-refractivity contribution < 1.29 is 0 Å². The number of hydrogen-bond acceptors (Lipinski definition) is 6. The molecule has 0 saturated heterocycles. The maximum absolute atomic E-state index is 7.22. The first-order chi connectivity index (χ1) is 48.9. The molecule has 0 radical (unpaired) electrons. The quantitative estimate of drug-likeness (QED) is 0.139. The minimum absolute atomic E-state index is 0.0663. The van der Waals surface area contributed by atoms with Crippen LogP contribution in [-0.2, 0) is 54.1 Å². The van der Waals surface area contributed by atoms with Gasteiger partial charge in [0.05, 0.1) is 11.4 Å². The van der Waals surface area contributed by atoms with Gasteiger partial charge in [0.15, 0.2) is 0 Å². The molecule has 0 amide bonds. The Morgan fingerprint density at radius 2 is 0.533 bits per heavy atom. The maximum Gasteiger partial charge on any atom is 0.0609 e. The predicted octanol–water partition coefficient (Wildman–Crippen LogP) is 31.3. The molecule has 6 aliphatic carbocycles. The lowest BCUT2D eigenvalue weighted by molar-refractivity contribution is 0.193. The third-order valence-electron chi connectivity index (χ3n) is 23.5. The average molecular weight is 1500 g/mol. The fourth-order valence-corrected chi connectivity index (χ4v) is 19.8. The van der Waals surface area contributed by atoms with Crippen LogP contribution in [0.2, 0.25) is 15.1 Å². The molecule has 10 aromatic rings. The minimum Gasteiger partial charge on any atom is -0.355 e. The molecule has 0 spiro atoms. The third-order valence-corrected chi connectivity index (χ3v) is 26.7. The molecule has 105 heavy (non-hydrogen) atoms. The summed E-state index contributed by atoms with van der Waals surface area (Å²) < 4.78 is 0. The Labute approximate surface area is 655 Å². The van der Waals surface area contributed by atoms with E-state index in [1.165, 1.54) is 102 Å². The van der Waals surface area contributed by atoms with Crippen molar-refractivity contribution in [2.45, 2.75) is 258 Å². The van der Waals surface area contributed by atoms with Gasteiger partial charge < -0.3 is 20.0 Å². The van der Waals surface area contributed by atoms with E-state index in [4.69, 9.17) is 34.8 Å². The predicted molar refractivity (Wildman–Crippen MR) is 462 cm³/mol. The average Bonchev–Trinajstić information content (AvgIpc) is 1.63. The molecular formula is C96H115Cl3N4S2. The maximum atomic E-state index is 7.22. The summed E-state index contributed by atoms with van der Waals surface area (Å²) in [7, 11) is 0. The van der Waals surface area contributed by atoms with Gasteiger partial charge in [-0.15, -0.1) is 22.7 Å². The van der Waals surface area contributed by atoms with Crippen LogP contribution in [0.15, 0.2) is 193 Å². The van der Waals surface area contributed by atoms with Gasteiger partial charge in [-0.1, -0.05) is 260 Å². The van der Waals surface area contributed by atoms with E-state index >= 15 is 0 Å². The lowest BCUT2D eigenvalue weighted by atomic mass is 9.55. The zero-order valence-electron chi connectivity index (χ0n) is 66.9. The topological polar surface area (TPSA) is 21.8 Å². The van der Waals surface area contributed by atoms with E-state index in [1.807, 2.05) is 34.8 Å². The minimum atomic E-state index is 0.0663. The van der Waals surface area contributed by atoms with E-state index in [1.54, 1.807) is 26.9 Å². The van der Waals surface area contributed by atoms with Crippen molar-refractivity contribution in [2.75, 3.05) is 20.0 Å². The summed E-state index contributed by atoms with van der Waals surface area (Å²) in [4.78, 5) is 10.3. The Balaban J connectivity index is 0.000000164. The van der Waals surface area contributed by atoms with Gasteiger partial charge in [-0.3, -0.25) is 0 Å². The SMILES string of the molecule is CC(C)(C)c1ccc(N(c2ccc(C(C)(C)C)cc2)c2cc(Cl)cc(Cl)c2)cc1.CC(C)(C)c1ccc(N(c2ccc(C(C)(C)C)cc2)c2cc(Cl)cc(N(c3ccc(C(C)(C)C)cc3)c3csc4c3C3(C)CCC4(C)CC3)c2)cc1.CC(C)(C)c1ccc(Nc2csc3c2C2(C)CCC3(C)CC2)cc1. The third kappa shape index (κ3) is 16.5. The van der Waals surface area contributed by atoms with Crippen LogP contribution < -0.4 is 20.0 Å². The van der Waals surface area contributed by atoms with Crippen molar-refractivity contribution in [3.05, 3.63) is 262 Å². The molecule has 0 unspecified atom stereocenters. The van der Waals surface area contributed by atoms with Crippen molar-refractivity contribution in [3.8, 4) is 0 Å². The van der Waals surface area contributed by atoms with Crippen molar-refractivity contribution in [2.24, 2.45) is 0 Å².